The van der Waals surface area contributed by atoms with Crippen molar-refractivity contribution in [2.24, 2.45) is 0 Å². The summed E-state index contributed by atoms with van der Waals surface area (Å²) in [6.45, 7) is 0. The van der Waals surface area contributed by atoms with Crippen LogP contribution in [0.2, 0.25) is 0 Å². The van der Waals surface area contributed by atoms with E-state index in [0.717, 1.165) is 18.2 Å². The van der Waals surface area contributed by atoms with Crippen LogP contribution in [0.5, 0.6) is 0 Å². The van der Waals surface area contributed by atoms with Gasteiger partial charge in [0.15, 0.2) is 5.69 Å². The van der Waals surface area contributed by atoms with Gasteiger partial charge in [0.25, 0.3) is 5.91 Å². The summed E-state index contributed by atoms with van der Waals surface area (Å²) in [6.07, 6.45) is 0. The predicted octanol–water partition coefficient (Wildman–Crippen LogP) is 3.37. The molecule has 0 aliphatic heterocycles. The fourth-order valence-corrected chi connectivity index (χ4v) is 2.41. The minimum atomic E-state index is -1.08. The summed E-state index contributed by atoms with van der Waals surface area (Å²) in [7, 11) is 1.56. The molecule has 0 bridgehead atoms. The normalized spacial score (nSPS) is 10.6. The van der Waals surface area contributed by atoms with Gasteiger partial charge in [0.2, 0.25) is 0 Å². The van der Waals surface area contributed by atoms with Gasteiger partial charge in [0, 0.05) is 12.4 Å². The largest absolute Gasteiger partial charge is 0.421 e. The highest BCUT2D eigenvalue weighted by Gasteiger charge is 2.21. The summed E-state index contributed by atoms with van der Waals surface area (Å²) in [5.41, 5.74) is -1.20. The monoisotopic (exact) mass is 330 g/mol. The smallest absolute Gasteiger partial charge is 0.362 e. The Morgan fingerprint density at radius 1 is 1.00 bits per heavy atom. The number of hydrogen-bond donors (Lipinski definition) is 2. The number of halogens is 2. The molecule has 24 heavy (non-hydrogen) atoms. The van der Waals surface area contributed by atoms with Crippen molar-refractivity contribution in [3.63, 3.8) is 0 Å². The van der Waals surface area contributed by atoms with E-state index in [2.05, 4.69) is 10.6 Å². The molecule has 122 valence electrons. The Kier molecular flexibility index (Phi) is 3.99. The van der Waals surface area contributed by atoms with Gasteiger partial charge in [-0.1, -0.05) is 18.2 Å². The van der Waals surface area contributed by atoms with E-state index in [1.54, 1.807) is 31.3 Å². The highest BCUT2D eigenvalue weighted by Crippen LogP contribution is 2.28. The van der Waals surface area contributed by atoms with Gasteiger partial charge in [-0.2, -0.15) is 0 Å². The van der Waals surface area contributed by atoms with Gasteiger partial charge >= 0.3 is 5.63 Å². The van der Waals surface area contributed by atoms with E-state index in [4.69, 9.17) is 4.42 Å². The van der Waals surface area contributed by atoms with Gasteiger partial charge in [0.05, 0.1) is 5.69 Å². The molecule has 7 heteroatoms. The molecule has 3 aromatic rings. The highest BCUT2D eigenvalue weighted by molar-refractivity contribution is 6.08. The van der Waals surface area contributed by atoms with Crippen molar-refractivity contribution in [1.82, 2.24) is 0 Å². The minimum absolute atomic E-state index is 0.219. The van der Waals surface area contributed by atoms with Gasteiger partial charge in [-0.25, -0.2) is 13.6 Å². The molecule has 0 spiro atoms. The van der Waals surface area contributed by atoms with Crippen molar-refractivity contribution in [1.29, 1.82) is 0 Å². The van der Waals surface area contributed by atoms with Crippen LogP contribution in [-0.4, -0.2) is 13.0 Å². The minimum Gasteiger partial charge on any atom is -0.421 e. The summed E-state index contributed by atoms with van der Waals surface area (Å²) in [6, 6.07) is 9.76. The topological polar surface area (TPSA) is 71.3 Å². The number of anilines is 2. The summed E-state index contributed by atoms with van der Waals surface area (Å²) in [5, 5.41) is 5.58. The molecule has 5 nitrogen and oxygen atoms in total. The lowest BCUT2D eigenvalue weighted by atomic mass is 10.1. The van der Waals surface area contributed by atoms with Crippen LogP contribution in [0.4, 0.5) is 20.2 Å². The molecule has 0 saturated carbocycles. The van der Waals surface area contributed by atoms with Gasteiger partial charge in [-0.15, -0.1) is 0 Å². The third kappa shape index (κ3) is 2.60. The van der Waals surface area contributed by atoms with Crippen molar-refractivity contribution in [2.45, 2.75) is 0 Å². The maximum Gasteiger partial charge on any atom is 0.362 e. The summed E-state index contributed by atoms with van der Waals surface area (Å²) in [4.78, 5) is 24.4. The lowest BCUT2D eigenvalue weighted by Crippen LogP contribution is -2.21. The maximum atomic E-state index is 13.7. The van der Waals surface area contributed by atoms with Crippen LogP contribution in [0, 0.1) is 11.6 Å². The maximum absolute atomic E-state index is 13.7. The Balaban J connectivity index is 2.12. The predicted molar refractivity (Wildman–Crippen MR) is 86.3 cm³/mol. The Labute approximate surface area is 134 Å². The highest BCUT2D eigenvalue weighted by atomic mass is 19.1. The Morgan fingerprint density at radius 2 is 1.67 bits per heavy atom. The Morgan fingerprint density at radius 3 is 2.33 bits per heavy atom. The number of amides is 1. The number of nitrogens with one attached hydrogen (secondary N) is 2. The van der Waals surface area contributed by atoms with Crippen molar-refractivity contribution < 1.29 is 18.0 Å². The molecule has 0 aliphatic carbocycles. The second kappa shape index (κ2) is 6.11. The van der Waals surface area contributed by atoms with Crippen LogP contribution >= 0.6 is 0 Å². The van der Waals surface area contributed by atoms with Crippen LogP contribution in [-0.2, 0) is 0 Å². The zero-order valence-electron chi connectivity index (χ0n) is 12.5. The number of benzene rings is 2. The van der Waals surface area contributed by atoms with Gasteiger partial charge < -0.3 is 15.1 Å². The molecule has 1 aromatic heterocycles. The van der Waals surface area contributed by atoms with E-state index in [0.29, 0.717) is 16.7 Å². The van der Waals surface area contributed by atoms with E-state index >= 15 is 0 Å². The Hall–Kier alpha value is -3.22. The van der Waals surface area contributed by atoms with E-state index in [-0.39, 0.29) is 5.69 Å². The van der Waals surface area contributed by atoms with Crippen molar-refractivity contribution in [3.05, 3.63) is 70.1 Å². The molecule has 2 N–H and O–H groups in total. The first-order valence-corrected chi connectivity index (χ1v) is 7.02. The second-order valence-corrected chi connectivity index (χ2v) is 4.94. The van der Waals surface area contributed by atoms with Crippen LogP contribution in [0.15, 0.2) is 51.7 Å². The van der Waals surface area contributed by atoms with Crippen LogP contribution in [0.1, 0.15) is 10.4 Å². The number of carbonyl (C=O) groups excluding carboxylic acids is 1. The van der Waals surface area contributed by atoms with Crippen molar-refractivity contribution in [2.75, 3.05) is 17.7 Å². The zero-order chi connectivity index (χ0) is 17.3. The number of rotatable bonds is 3. The molecule has 1 amide bonds. The van der Waals surface area contributed by atoms with Crippen LogP contribution in [0.3, 0.4) is 0 Å². The molecular formula is C17H12F2N2O3. The number of fused-ring (bicyclic) bond motifs is 1. The van der Waals surface area contributed by atoms with Gasteiger partial charge in [-0.3, -0.25) is 4.79 Å². The van der Waals surface area contributed by atoms with E-state index < -0.39 is 28.7 Å². The molecule has 0 fully saturated rings. The molecule has 0 saturated heterocycles. The molecule has 0 radical (unpaired) electrons. The average molecular weight is 330 g/mol. The first-order valence-electron chi connectivity index (χ1n) is 7.02. The number of carbonyl (C=O) groups is 1. The fourth-order valence-electron chi connectivity index (χ4n) is 2.41. The summed E-state index contributed by atoms with van der Waals surface area (Å²) < 4.78 is 32.6. The molecular weight excluding hydrogens is 318 g/mol. The average Bonchev–Trinajstić information content (AvgIpc) is 2.55. The third-order valence-corrected chi connectivity index (χ3v) is 3.49. The number of para-hydroxylation sites is 1. The van der Waals surface area contributed by atoms with E-state index in [1.807, 2.05) is 0 Å². The molecule has 0 atom stereocenters. The van der Waals surface area contributed by atoms with Crippen molar-refractivity contribution in [3.8, 4) is 0 Å². The van der Waals surface area contributed by atoms with Crippen LogP contribution < -0.4 is 16.3 Å². The van der Waals surface area contributed by atoms with Gasteiger partial charge in [-0.05, 0) is 24.3 Å². The molecule has 0 unspecified atom stereocenters. The molecule has 2 aromatic carbocycles. The lowest BCUT2D eigenvalue weighted by Gasteiger charge is -2.12. The van der Waals surface area contributed by atoms with Crippen molar-refractivity contribution >= 4 is 28.3 Å². The third-order valence-electron chi connectivity index (χ3n) is 3.49. The summed E-state index contributed by atoms with van der Waals surface area (Å²) in [5.74, 6) is -3.13. The lowest BCUT2D eigenvalue weighted by molar-refractivity contribution is 0.101. The zero-order valence-corrected chi connectivity index (χ0v) is 12.5. The number of hydrogen-bond acceptors (Lipinski definition) is 4. The first-order chi connectivity index (χ1) is 11.5. The second-order valence-electron chi connectivity index (χ2n) is 4.94. The Bertz CT molecular complexity index is 979. The first kappa shape index (κ1) is 15.7. The van der Waals surface area contributed by atoms with Gasteiger partial charge in [0.1, 0.15) is 22.8 Å². The SMILES string of the molecule is CNc1c(NC(=O)c2c(F)cccc2F)c(=O)oc2ccccc12. The van der Waals surface area contributed by atoms with E-state index in [1.165, 1.54) is 0 Å². The standard InChI is InChI=1S/C17H12F2N2O3/c1-20-14-9-5-2-3-8-12(9)24-17(23)15(14)21-16(22)13-10(18)6-4-7-11(13)19/h2-8,20H,1H3,(H,21,22). The summed E-state index contributed by atoms with van der Waals surface area (Å²) >= 11 is 0. The molecule has 3 rings (SSSR count). The molecule has 1 heterocycles. The van der Waals surface area contributed by atoms with Crippen LogP contribution in [0.25, 0.3) is 11.0 Å². The molecule has 0 aliphatic rings. The van der Waals surface area contributed by atoms with E-state index in [9.17, 15) is 18.4 Å². The fraction of sp³-hybridized carbons (Fsp3) is 0.0588. The quantitative estimate of drug-likeness (QED) is 0.722.